The third-order valence-electron chi connectivity index (χ3n) is 3.25. The number of rotatable bonds is 1. The van der Waals surface area contributed by atoms with Gasteiger partial charge in [0.2, 0.25) is 0 Å². The van der Waals surface area contributed by atoms with Crippen LogP contribution in [0.25, 0.3) is 11.1 Å². The zero-order valence-electron chi connectivity index (χ0n) is 9.71. The molecule has 1 aromatic carbocycles. The molecule has 0 amide bonds. The molecule has 1 atom stereocenters. The summed E-state index contributed by atoms with van der Waals surface area (Å²) in [5.41, 5.74) is 4.38. The van der Waals surface area contributed by atoms with E-state index < -0.39 is 0 Å². The molecular weight excluding hydrogens is 200 g/mol. The van der Waals surface area contributed by atoms with E-state index in [9.17, 15) is 0 Å². The Kier molecular flexibility index (Phi) is 2.21. The van der Waals surface area contributed by atoms with Crippen LogP contribution < -0.4 is 5.32 Å². The van der Waals surface area contributed by atoms with Gasteiger partial charge < -0.3 is 9.73 Å². The summed E-state index contributed by atoms with van der Waals surface area (Å²) >= 11 is 0. The maximum Gasteiger partial charge on any atom is 0.199 e. The SMILES string of the molecule is Cc1cc(C)c2oc(C3CCNC3)nc2c1. The van der Waals surface area contributed by atoms with Crippen LogP contribution in [0.1, 0.15) is 29.4 Å². The molecule has 1 N–H and O–H groups in total. The lowest BCUT2D eigenvalue weighted by molar-refractivity contribution is 0.484. The van der Waals surface area contributed by atoms with E-state index in [-0.39, 0.29) is 0 Å². The minimum absolute atomic E-state index is 0.451. The number of aryl methyl sites for hydroxylation is 2. The molecule has 1 aromatic heterocycles. The lowest BCUT2D eigenvalue weighted by atomic mass is 10.1. The van der Waals surface area contributed by atoms with Gasteiger partial charge in [-0.25, -0.2) is 4.98 Å². The molecule has 16 heavy (non-hydrogen) atoms. The van der Waals surface area contributed by atoms with E-state index in [0.29, 0.717) is 5.92 Å². The second-order valence-corrected chi connectivity index (χ2v) is 4.67. The number of aromatic nitrogens is 1. The predicted octanol–water partition coefficient (Wildman–Crippen LogP) is 2.52. The zero-order valence-corrected chi connectivity index (χ0v) is 9.71. The van der Waals surface area contributed by atoms with Crippen LogP contribution in [0.4, 0.5) is 0 Å². The normalized spacial score (nSPS) is 20.8. The average Bonchev–Trinajstić information content (AvgIpc) is 2.82. The van der Waals surface area contributed by atoms with Crippen molar-refractivity contribution in [3.05, 3.63) is 29.2 Å². The Labute approximate surface area is 94.9 Å². The van der Waals surface area contributed by atoms with E-state index in [0.717, 1.165) is 36.5 Å². The number of hydrogen-bond acceptors (Lipinski definition) is 3. The smallest absolute Gasteiger partial charge is 0.199 e. The molecule has 84 valence electrons. The molecule has 3 heteroatoms. The number of oxazole rings is 1. The number of nitrogens with one attached hydrogen (secondary N) is 1. The van der Waals surface area contributed by atoms with Crippen molar-refractivity contribution in [1.29, 1.82) is 0 Å². The van der Waals surface area contributed by atoms with Gasteiger partial charge in [0.1, 0.15) is 5.52 Å². The Morgan fingerprint density at radius 1 is 1.38 bits per heavy atom. The van der Waals surface area contributed by atoms with E-state index >= 15 is 0 Å². The van der Waals surface area contributed by atoms with Gasteiger partial charge in [-0.2, -0.15) is 0 Å². The van der Waals surface area contributed by atoms with Crippen LogP contribution in [0.5, 0.6) is 0 Å². The fourth-order valence-corrected chi connectivity index (χ4v) is 2.43. The summed E-state index contributed by atoms with van der Waals surface area (Å²) in [6, 6.07) is 4.24. The van der Waals surface area contributed by atoms with Crippen LogP contribution in [0.2, 0.25) is 0 Å². The molecule has 0 aliphatic carbocycles. The summed E-state index contributed by atoms with van der Waals surface area (Å²) < 4.78 is 5.89. The number of nitrogens with zero attached hydrogens (tertiary/aromatic N) is 1. The first-order valence-corrected chi connectivity index (χ1v) is 5.82. The maximum atomic E-state index is 5.89. The van der Waals surface area contributed by atoms with Crippen LogP contribution in [0.15, 0.2) is 16.5 Å². The van der Waals surface area contributed by atoms with E-state index in [1.165, 1.54) is 11.1 Å². The molecule has 1 unspecified atom stereocenters. The highest BCUT2D eigenvalue weighted by Gasteiger charge is 2.22. The van der Waals surface area contributed by atoms with Gasteiger partial charge >= 0.3 is 0 Å². The van der Waals surface area contributed by atoms with Crippen LogP contribution in [0.3, 0.4) is 0 Å². The van der Waals surface area contributed by atoms with E-state index in [4.69, 9.17) is 4.42 Å². The maximum absolute atomic E-state index is 5.89. The Bertz CT molecular complexity index is 524. The van der Waals surface area contributed by atoms with Crippen molar-refractivity contribution >= 4 is 11.1 Å². The topological polar surface area (TPSA) is 38.1 Å². The quantitative estimate of drug-likeness (QED) is 0.796. The van der Waals surface area contributed by atoms with Crippen LogP contribution >= 0.6 is 0 Å². The van der Waals surface area contributed by atoms with Gasteiger partial charge in [0.05, 0.1) is 0 Å². The van der Waals surface area contributed by atoms with Gasteiger partial charge in [-0.05, 0) is 44.0 Å². The molecular formula is C13H16N2O. The summed E-state index contributed by atoms with van der Waals surface area (Å²) in [7, 11) is 0. The second kappa shape index (κ2) is 3.59. The average molecular weight is 216 g/mol. The largest absolute Gasteiger partial charge is 0.440 e. The molecule has 0 radical (unpaired) electrons. The molecule has 1 fully saturated rings. The monoisotopic (exact) mass is 216 g/mol. The highest BCUT2D eigenvalue weighted by atomic mass is 16.3. The Hall–Kier alpha value is -1.35. The Balaban J connectivity index is 2.11. The molecule has 0 spiro atoms. The van der Waals surface area contributed by atoms with Crippen LogP contribution in [0, 0.1) is 13.8 Å². The second-order valence-electron chi connectivity index (χ2n) is 4.67. The third-order valence-corrected chi connectivity index (χ3v) is 3.25. The first kappa shape index (κ1) is 9.85. The molecule has 3 rings (SSSR count). The Morgan fingerprint density at radius 2 is 2.25 bits per heavy atom. The first-order valence-electron chi connectivity index (χ1n) is 5.82. The van der Waals surface area contributed by atoms with Crippen molar-refractivity contribution < 1.29 is 4.42 Å². The number of hydrogen-bond donors (Lipinski definition) is 1. The lowest BCUT2D eigenvalue weighted by Crippen LogP contribution is -2.07. The summed E-state index contributed by atoms with van der Waals surface area (Å²) in [4.78, 5) is 4.61. The van der Waals surface area contributed by atoms with Gasteiger partial charge in [0, 0.05) is 12.5 Å². The van der Waals surface area contributed by atoms with E-state index in [1.807, 2.05) is 0 Å². The van der Waals surface area contributed by atoms with Gasteiger partial charge in [-0.3, -0.25) is 0 Å². The molecule has 1 saturated heterocycles. The number of fused-ring (bicyclic) bond motifs is 1. The van der Waals surface area contributed by atoms with Crippen molar-refractivity contribution in [2.75, 3.05) is 13.1 Å². The summed E-state index contributed by atoms with van der Waals surface area (Å²) in [6.45, 7) is 6.24. The van der Waals surface area contributed by atoms with Gasteiger partial charge in [-0.15, -0.1) is 0 Å². The fourth-order valence-electron chi connectivity index (χ4n) is 2.43. The van der Waals surface area contributed by atoms with E-state index in [1.54, 1.807) is 0 Å². The molecule has 1 aliphatic heterocycles. The molecule has 0 saturated carbocycles. The van der Waals surface area contributed by atoms with Crippen molar-refractivity contribution in [1.82, 2.24) is 10.3 Å². The van der Waals surface area contributed by atoms with Crippen molar-refractivity contribution in [3.8, 4) is 0 Å². The lowest BCUT2D eigenvalue weighted by Gasteiger charge is -2.00. The van der Waals surface area contributed by atoms with Gasteiger partial charge in [0.25, 0.3) is 0 Å². The van der Waals surface area contributed by atoms with Crippen LogP contribution in [-0.4, -0.2) is 18.1 Å². The van der Waals surface area contributed by atoms with Crippen molar-refractivity contribution in [2.45, 2.75) is 26.2 Å². The summed E-state index contributed by atoms with van der Waals surface area (Å²) in [5.74, 6) is 1.35. The first-order chi connectivity index (χ1) is 7.74. The zero-order chi connectivity index (χ0) is 11.1. The van der Waals surface area contributed by atoms with E-state index in [2.05, 4.69) is 36.3 Å². The predicted molar refractivity (Wildman–Crippen MR) is 63.7 cm³/mol. The molecule has 0 bridgehead atoms. The van der Waals surface area contributed by atoms with Crippen LogP contribution in [-0.2, 0) is 0 Å². The van der Waals surface area contributed by atoms with Crippen molar-refractivity contribution in [3.63, 3.8) is 0 Å². The molecule has 3 nitrogen and oxygen atoms in total. The standard InChI is InChI=1S/C13H16N2O/c1-8-5-9(2)12-11(6-8)15-13(16-12)10-3-4-14-7-10/h5-6,10,14H,3-4,7H2,1-2H3. The van der Waals surface area contributed by atoms with Gasteiger partial charge in [-0.1, -0.05) is 6.07 Å². The highest BCUT2D eigenvalue weighted by molar-refractivity contribution is 5.77. The highest BCUT2D eigenvalue weighted by Crippen LogP contribution is 2.28. The molecule has 2 aromatic rings. The number of benzene rings is 1. The fraction of sp³-hybridized carbons (Fsp3) is 0.462. The molecule has 2 heterocycles. The molecule has 1 aliphatic rings. The minimum atomic E-state index is 0.451. The van der Waals surface area contributed by atoms with Gasteiger partial charge in [0.15, 0.2) is 11.5 Å². The summed E-state index contributed by atoms with van der Waals surface area (Å²) in [6.07, 6.45) is 1.13. The van der Waals surface area contributed by atoms with Crippen molar-refractivity contribution in [2.24, 2.45) is 0 Å². The Morgan fingerprint density at radius 3 is 3.00 bits per heavy atom. The third kappa shape index (κ3) is 1.52. The summed E-state index contributed by atoms with van der Waals surface area (Å²) in [5, 5.41) is 3.34. The minimum Gasteiger partial charge on any atom is -0.440 e.